The Morgan fingerprint density at radius 2 is 1.89 bits per heavy atom. The molecule has 0 aromatic rings. The van der Waals surface area contributed by atoms with Crippen molar-refractivity contribution in [1.82, 2.24) is 0 Å². The molecule has 4 rings (SSSR count). The molecule has 3 saturated carbocycles. The highest BCUT2D eigenvalue weighted by Crippen LogP contribution is 2.67. The van der Waals surface area contributed by atoms with Crippen LogP contribution in [-0.2, 0) is 9.63 Å². The number of aliphatic hydroxyl groups excluding tert-OH is 2. The van der Waals surface area contributed by atoms with E-state index in [0.717, 1.165) is 24.1 Å². The normalized spacial score (nSPS) is 51.8. The molecule has 0 spiro atoms. The molecule has 156 valence electrons. The number of oxime groups is 1. The van der Waals surface area contributed by atoms with Gasteiger partial charge >= 0.3 is 0 Å². The second-order valence-electron chi connectivity index (χ2n) is 10.0. The van der Waals surface area contributed by atoms with Crippen molar-refractivity contribution in [1.29, 1.82) is 0 Å². The largest absolute Gasteiger partial charge is 0.399 e. The van der Waals surface area contributed by atoms with Gasteiger partial charge in [-0.2, -0.15) is 0 Å². The van der Waals surface area contributed by atoms with Gasteiger partial charge in [0.25, 0.3) is 0 Å². The van der Waals surface area contributed by atoms with Crippen LogP contribution < -0.4 is 0 Å². The Kier molecular flexibility index (Phi) is 4.57. The third-order valence-corrected chi connectivity index (χ3v) is 8.82. The van der Waals surface area contributed by atoms with Crippen molar-refractivity contribution < 1.29 is 25.0 Å². The average Bonchev–Trinajstić information content (AvgIpc) is 2.89. The molecule has 0 heterocycles. The van der Waals surface area contributed by atoms with Crippen LogP contribution in [0.1, 0.15) is 59.3 Å². The maximum atomic E-state index is 12.3. The molecule has 0 radical (unpaired) electrons. The predicted octanol–water partition coefficient (Wildman–Crippen LogP) is 2.21. The zero-order chi connectivity index (χ0) is 20.5. The van der Waals surface area contributed by atoms with Gasteiger partial charge in [-0.25, -0.2) is 0 Å². The van der Waals surface area contributed by atoms with Crippen LogP contribution in [0.4, 0.5) is 0 Å². The summed E-state index contributed by atoms with van der Waals surface area (Å²) in [7, 11) is 1.50. The molecule has 28 heavy (non-hydrogen) atoms. The molecule has 8 atom stereocenters. The first-order valence-corrected chi connectivity index (χ1v) is 10.5. The summed E-state index contributed by atoms with van der Waals surface area (Å²) in [6.45, 7) is 5.85. The van der Waals surface area contributed by atoms with E-state index in [-0.39, 0.29) is 29.0 Å². The van der Waals surface area contributed by atoms with Crippen molar-refractivity contribution in [3.63, 3.8) is 0 Å². The van der Waals surface area contributed by atoms with Gasteiger partial charge in [-0.3, -0.25) is 4.79 Å². The quantitative estimate of drug-likeness (QED) is 0.627. The lowest BCUT2D eigenvalue weighted by Gasteiger charge is -2.60. The summed E-state index contributed by atoms with van der Waals surface area (Å²) >= 11 is 0. The lowest BCUT2D eigenvalue weighted by Crippen LogP contribution is -2.61. The van der Waals surface area contributed by atoms with Gasteiger partial charge in [0.15, 0.2) is 0 Å². The Morgan fingerprint density at radius 3 is 2.54 bits per heavy atom. The maximum Gasteiger partial charge on any atom is 0.133 e. The molecule has 6 heteroatoms. The van der Waals surface area contributed by atoms with Crippen molar-refractivity contribution in [3.8, 4) is 0 Å². The van der Waals surface area contributed by atoms with Crippen molar-refractivity contribution in [2.75, 3.05) is 7.11 Å². The van der Waals surface area contributed by atoms with Crippen LogP contribution >= 0.6 is 0 Å². The molecule has 4 aliphatic rings. The second kappa shape index (κ2) is 6.38. The number of rotatable bonds is 2. The van der Waals surface area contributed by atoms with Gasteiger partial charge in [0, 0.05) is 17.3 Å². The van der Waals surface area contributed by atoms with E-state index < -0.39 is 23.2 Å². The number of fused-ring (bicyclic) bond motifs is 5. The van der Waals surface area contributed by atoms with E-state index in [1.165, 1.54) is 7.11 Å². The van der Waals surface area contributed by atoms with E-state index >= 15 is 0 Å². The van der Waals surface area contributed by atoms with Gasteiger partial charge in [-0.05, 0) is 68.4 Å². The van der Waals surface area contributed by atoms with Crippen LogP contribution in [-0.4, -0.2) is 51.7 Å². The Balaban J connectivity index is 1.85. The zero-order valence-corrected chi connectivity index (χ0v) is 17.3. The number of hydrogen-bond acceptors (Lipinski definition) is 6. The molecular weight excluding hydrogens is 358 g/mol. The Hall–Kier alpha value is -1.24. The molecule has 6 nitrogen and oxygen atoms in total. The molecule has 1 unspecified atom stereocenters. The Morgan fingerprint density at radius 1 is 1.18 bits per heavy atom. The van der Waals surface area contributed by atoms with Gasteiger partial charge in [0.2, 0.25) is 0 Å². The first-order valence-electron chi connectivity index (χ1n) is 10.5. The molecule has 4 aliphatic carbocycles. The third-order valence-electron chi connectivity index (χ3n) is 8.82. The number of carbonyl (C=O) groups is 1. The van der Waals surface area contributed by atoms with Gasteiger partial charge in [-0.15, -0.1) is 0 Å². The van der Waals surface area contributed by atoms with E-state index in [4.69, 9.17) is 4.84 Å². The predicted molar refractivity (Wildman–Crippen MR) is 105 cm³/mol. The van der Waals surface area contributed by atoms with Crippen molar-refractivity contribution in [2.45, 2.75) is 77.1 Å². The van der Waals surface area contributed by atoms with Crippen LogP contribution in [0.5, 0.6) is 0 Å². The van der Waals surface area contributed by atoms with Gasteiger partial charge < -0.3 is 20.2 Å². The molecule has 0 amide bonds. The maximum absolute atomic E-state index is 12.3. The highest BCUT2D eigenvalue weighted by atomic mass is 16.6. The smallest absolute Gasteiger partial charge is 0.133 e. The number of allylic oxidation sites excluding steroid dienone is 1. The van der Waals surface area contributed by atoms with Crippen molar-refractivity contribution >= 4 is 11.5 Å². The fraction of sp³-hybridized carbons (Fsp3) is 0.818. The van der Waals surface area contributed by atoms with Crippen LogP contribution in [0.15, 0.2) is 16.8 Å². The molecule has 0 saturated heterocycles. The third kappa shape index (κ3) is 2.44. The number of hydrogen-bond donors (Lipinski definition) is 3. The summed E-state index contributed by atoms with van der Waals surface area (Å²) in [5, 5.41) is 37.0. The average molecular weight is 392 g/mol. The summed E-state index contributed by atoms with van der Waals surface area (Å²) in [4.78, 5) is 17.4. The number of carbonyl (C=O) groups excluding carboxylic acids is 1. The van der Waals surface area contributed by atoms with Gasteiger partial charge in [0.1, 0.15) is 12.9 Å². The first kappa shape index (κ1) is 20.0. The monoisotopic (exact) mass is 391 g/mol. The van der Waals surface area contributed by atoms with Crippen LogP contribution in [0.2, 0.25) is 0 Å². The summed E-state index contributed by atoms with van der Waals surface area (Å²) in [5.41, 5.74) is -0.161. The number of aliphatic hydroxyl groups is 3. The summed E-state index contributed by atoms with van der Waals surface area (Å²) in [6, 6.07) is 0. The minimum absolute atomic E-state index is 0.0300. The van der Waals surface area contributed by atoms with E-state index in [1.54, 1.807) is 6.92 Å². The Bertz CT molecular complexity index is 747. The summed E-state index contributed by atoms with van der Waals surface area (Å²) < 4.78 is 0. The number of ketones is 1. The minimum Gasteiger partial charge on any atom is -0.399 e. The van der Waals surface area contributed by atoms with Crippen molar-refractivity contribution in [3.05, 3.63) is 11.6 Å². The van der Waals surface area contributed by atoms with E-state index in [2.05, 4.69) is 19.0 Å². The SMILES string of the molecule is CO/N=C1\C=C2C(CC[C@]3(C)[C@@H](C(C)=O)CC[C@@]23O)[C@@]2(C)C[C@H](O)[C@H](O)C[C@@H]12. The lowest BCUT2D eigenvalue weighted by atomic mass is 9.46. The van der Waals surface area contributed by atoms with E-state index in [9.17, 15) is 20.1 Å². The number of nitrogens with zero attached hydrogens (tertiary/aromatic N) is 1. The molecule has 0 bridgehead atoms. The summed E-state index contributed by atoms with van der Waals surface area (Å²) in [5.74, 6) is 0.0858. The second-order valence-corrected chi connectivity index (χ2v) is 10.0. The van der Waals surface area contributed by atoms with Crippen LogP contribution in [0.3, 0.4) is 0 Å². The first-order chi connectivity index (χ1) is 13.1. The summed E-state index contributed by atoms with van der Waals surface area (Å²) in [6.07, 6.45) is 4.25. The standard InChI is InChI=1S/C22H33NO5/c1-12(24)13-6-8-22(27)15-9-17(23-28-4)16-10-18(25)19(26)11-20(16,2)14(15)5-7-21(13,22)3/h9,13-14,16,18-19,25-27H,5-8,10-11H2,1-4H3/b23-17+/t13-,14?,16+,18-,19+,20-,21-,22-/m1/s1. The molecule has 3 fully saturated rings. The molecular formula is C22H33NO5. The van der Waals surface area contributed by atoms with Crippen LogP contribution in [0.25, 0.3) is 0 Å². The number of Topliss-reactive ketones (excluding diaryl/α,β-unsaturated/α-hetero) is 1. The fourth-order valence-corrected chi connectivity index (χ4v) is 7.24. The highest BCUT2D eigenvalue weighted by molar-refractivity contribution is 5.99. The molecule has 0 aromatic carbocycles. The van der Waals surface area contributed by atoms with Crippen LogP contribution in [0, 0.1) is 28.6 Å². The van der Waals surface area contributed by atoms with Gasteiger partial charge in [0.05, 0.1) is 23.5 Å². The topological polar surface area (TPSA) is 99.4 Å². The molecule has 3 N–H and O–H groups in total. The lowest BCUT2D eigenvalue weighted by molar-refractivity contribution is -0.137. The Labute approximate surface area is 166 Å². The highest BCUT2D eigenvalue weighted by Gasteiger charge is 2.66. The fourth-order valence-electron chi connectivity index (χ4n) is 7.24. The van der Waals surface area contributed by atoms with E-state index in [0.29, 0.717) is 25.7 Å². The van der Waals surface area contributed by atoms with E-state index in [1.807, 2.05) is 6.08 Å². The zero-order valence-electron chi connectivity index (χ0n) is 17.3. The van der Waals surface area contributed by atoms with Gasteiger partial charge in [-0.1, -0.05) is 19.0 Å². The molecule has 0 aliphatic heterocycles. The minimum atomic E-state index is -1.05. The van der Waals surface area contributed by atoms with Crippen molar-refractivity contribution in [2.24, 2.45) is 33.7 Å². The molecule has 0 aromatic heterocycles.